The molecular weight excluding hydrogens is 280 g/mol. The highest BCUT2D eigenvalue weighted by molar-refractivity contribution is 6.06. The van der Waals surface area contributed by atoms with Crippen LogP contribution in [-0.4, -0.2) is 28.6 Å². The average Bonchev–Trinajstić information content (AvgIpc) is 3.02. The summed E-state index contributed by atoms with van der Waals surface area (Å²) in [6, 6.07) is 7.05. The molecule has 114 valence electrons. The third kappa shape index (κ3) is 3.69. The van der Waals surface area contributed by atoms with Crippen LogP contribution in [0.25, 0.3) is 6.08 Å². The van der Waals surface area contributed by atoms with Crippen LogP contribution in [0.3, 0.4) is 0 Å². The largest absolute Gasteiger partial charge is 0.465 e. The summed E-state index contributed by atoms with van der Waals surface area (Å²) in [5.41, 5.74) is 1.86. The highest BCUT2D eigenvalue weighted by Crippen LogP contribution is 2.10. The molecule has 0 bridgehead atoms. The summed E-state index contributed by atoms with van der Waals surface area (Å²) in [7, 11) is 1.34. The normalized spacial score (nSPS) is 11.1. The van der Waals surface area contributed by atoms with E-state index in [0.29, 0.717) is 11.1 Å². The van der Waals surface area contributed by atoms with E-state index in [2.05, 4.69) is 9.84 Å². The fourth-order valence-electron chi connectivity index (χ4n) is 1.86. The highest BCUT2D eigenvalue weighted by Gasteiger charge is 2.07. The summed E-state index contributed by atoms with van der Waals surface area (Å²) in [5.74, 6) is -0.489. The maximum atomic E-state index is 12.1. The van der Waals surface area contributed by atoms with Gasteiger partial charge in [0.1, 0.15) is 0 Å². The van der Waals surface area contributed by atoms with E-state index >= 15 is 0 Å². The third-order valence-corrected chi connectivity index (χ3v) is 3.17. The van der Waals surface area contributed by atoms with Crippen LogP contribution < -0.4 is 0 Å². The maximum absolute atomic E-state index is 12.1. The second-order valence-corrected chi connectivity index (χ2v) is 5.11. The van der Waals surface area contributed by atoms with Gasteiger partial charge in [0.15, 0.2) is 5.78 Å². The van der Waals surface area contributed by atoms with Crippen molar-refractivity contribution in [1.29, 1.82) is 0 Å². The quantitative estimate of drug-likeness (QED) is 0.483. The van der Waals surface area contributed by atoms with Gasteiger partial charge in [0, 0.05) is 12.2 Å². The molecule has 5 heteroatoms. The van der Waals surface area contributed by atoms with Crippen LogP contribution in [0, 0.1) is 0 Å². The zero-order valence-corrected chi connectivity index (χ0v) is 12.8. The van der Waals surface area contributed by atoms with Crippen molar-refractivity contribution < 1.29 is 14.3 Å². The number of allylic oxidation sites excluding steroid dienone is 1. The second-order valence-electron chi connectivity index (χ2n) is 5.11. The number of carbonyl (C=O) groups is 2. The van der Waals surface area contributed by atoms with E-state index in [4.69, 9.17) is 0 Å². The number of methoxy groups -OCH3 is 1. The van der Waals surface area contributed by atoms with Crippen molar-refractivity contribution in [2.75, 3.05) is 7.11 Å². The summed E-state index contributed by atoms with van der Waals surface area (Å²) < 4.78 is 6.38. The van der Waals surface area contributed by atoms with Crippen LogP contribution in [0.4, 0.5) is 0 Å². The Hall–Kier alpha value is -2.69. The van der Waals surface area contributed by atoms with Crippen molar-refractivity contribution in [3.63, 3.8) is 0 Å². The van der Waals surface area contributed by atoms with Gasteiger partial charge in [-0.3, -0.25) is 9.48 Å². The van der Waals surface area contributed by atoms with E-state index < -0.39 is 0 Å². The molecule has 0 N–H and O–H groups in total. The number of aromatic nitrogens is 2. The predicted molar refractivity (Wildman–Crippen MR) is 83.8 cm³/mol. The van der Waals surface area contributed by atoms with Crippen molar-refractivity contribution in [2.24, 2.45) is 0 Å². The van der Waals surface area contributed by atoms with Gasteiger partial charge in [0.25, 0.3) is 0 Å². The minimum Gasteiger partial charge on any atom is -0.465 e. The molecule has 1 heterocycles. The van der Waals surface area contributed by atoms with Gasteiger partial charge >= 0.3 is 5.97 Å². The Labute approximate surface area is 129 Å². The number of hydrogen-bond donors (Lipinski definition) is 0. The molecule has 0 fully saturated rings. The Bertz CT molecular complexity index is 697. The molecule has 0 amide bonds. The summed E-state index contributed by atoms with van der Waals surface area (Å²) in [6.45, 7) is 4.00. The van der Waals surface area contributed by atoms with E-state index in [0.717, 1.165) is 5.56 Å². The first-order chi connectivity index (χ1) is 10.5. The molecule has 22 heavy (non-hydrogen) atoms. The number of esters is 1. The fraction of sp³-hybridized carbons (Fsp3) is 0.235. The highest BCUT2D eigenvalue weighted by atomic mass is 16.5. The first-order valence-electron chi connectivity index (χ1n) is 6.96. The van der Waals surface area contributed by atoms with Gasteiger partial charge in [-0.05, 0) is 37.6 Å². The van der Waals surface area contributed by atoms with Crippen molar-refractivity contribution in [3.8, 4) is 0 Å². The van der Waals surface area contributed by atoms with Gasteiger partial charge in [0.2, 0.25) is 0 Å². The molecule has 0 radical (unpaired) electrons. The van der Waals surface area contributed by atoms with Gasteiger partial charge in [-0.25, -0.2) is 4.79 Å². The molecule has 5 nitrogen and oxygen atoms in total. The monoisotopic (exact) mass is 298 g/mol. The molecular formula is C17H18N2O3. The number of hydrogen-bond acceptors (Lipinski definition) is 4. The van der Waals surface area contributed by atoms with E-state index in [1.54, 1.807) is 47.4 Å². The first-order valence-corrected chi connectivity index (χ1v) is 6.96. The van der Waals surface area contributed by atoms with Crippen molar-refractivity contribution >= 4 is 17.8 Å². The van der Waals surface area contributed by atoms with Crippen LogP contribution in [0.15, 0.2) is 42.7 Å². The Morgan fingerprint density at radius 1 is 1.18 bits per heavy atom. The molecule has 1 aromatic heterocycles. The first kappa shape index (κ1) is 15.7. The van der Waals surface area contributed by atoms with Crippen molar-refractivity contribution in [2.45, 2.75) is 19.9 Å². The Morgan fingerprint density at radius 2 is 1.86 bits per heavy atom. The second kappa shape index (κ2) is 6.85. The fourth-order valence-corrected chi connectivity index (χ4v) is 1.86. The molecule has 0 unspecified atom stereocenters. The van der Waals surface area contributed by atoms with Crippen LogP contribution in [0.2, 0.25) is 0 Å². The lowest BCUT2D eigenvalue weighted by Crippen LogP contribution is -2.00. The minimum atomic E-state index is -0.382. The Morgan fingerprint density at radius 3 is 2.41 bits per heavy atom. The molecule has 0 saturated heterocycles. The molecule has 0 spiro atoms. The zero-order chi connectivity index (χ0) is 16.1. The predicted octanol–water partition coefficient (Wildman–Crippen LogP) is 3.15. The van der Waals surface area contributed by atoms with Crippen LogP contribution in [0.1, 0.15) is 46.2 Å². The molecule has 2 aromatic rings. The van der Waals surface area contributed by atoms with Gasteiger partial charge < -0.3 is 4.74 Å². The van der Waals surface area contributed by atoms with E-state index in [1.165, 1.54) is 13.2 Å². The minimum absolute atomic E-state index is 0.107. The van der Waals surface area contributed by atoms with Gasteiger partial charge in [-0.15, -0.1) is 0 Å². The standard InChI is InChI=1S/C17H18N2O3/c1-12(2)19-11-15(10-18-19)16(20)9-6-13-4-7-14(8-5-13)17(21)22-3/h4-12H,1-3H3/b9-6+. The van der Waals surface area contributed by atoms with Crippen molar-refractivity contribution in [3.05, 3.63) is 59.4 Å². The lowest BCUT2D eigenvalue weighted by Gasteiger charge is -2.02. The lowest BCUT2D eigenvalue weighted by atomic mass is 10.1. The van der Waals surface area contributed by atoms with E-state index in [1.807, 2.05) is 13.8 Å². The summed E-state index contributed by atoms with van der Waals surface area (Å²) in [6.07, 6.45) is 6.50. The smallest absolute Gasteiger partial charge is 0.337 e. The molecule has 0 atom stereocenters. The third-order valence-electron chi connectivity index (χ3n) is 3.17. The Kier molecular flexibility index (Phi) is 4.88. The van der Waals surface area contributed by atoms with Gasteiger partial charge in [-0.1, -0.05) is 18.2 Å². The molecule has 0 aliphatic rings. The van der Waals surface area contributed by atoms with Crippen LogP contribution in [-0.2, 0) is 4.74 Å². The average molecular weight is 298 g/mol. The maximum Gasteiger partial charge on any atom is 0.337 e. The molecule has 2 rings (SSSR count). The molecule has 0 aliphatic heterocycles. The summed E-state index contributed by atoms with van der Waals surface area (Å²) >= 11 is 0. The number of ether oxygens (including phenoxy) is 1. The Balaban J connectivity index is 2.07. The van der Waals surface area contributed by atoms with Gasteiger partial charge in [-0.2, -0.15) is 5.10 Å². The summed E-state index contributed by atoms with van der Waals surface area (Å²) in [5, 5.41) is 4.14. The molecule has 1 aromatic carbocycles. The summed E-state index contributed by atoms with van der Waals surface area (Å²) in [4.78, 5) is 23.4. The number of carbonyl (C=O) groups excluding carboxylic acids is 2. The number of ketones is 1. The van der Waals surface area contributed by atoms with Gasteiger partial charge in [0.05, 0.1) is 24.4 Å². The number of benzene rings is 1. The van der Waals surface area contributed by atoms with E-state index in [9.17, 15) is 9.59 Å². The molecule has 0 saturated carbocycles. The van der Waals surface area contributed by atoms with Crippen LogP contribution in [0.5, 0.6) is 0 Å². The van der Waals surface area contributed by atoms with Crippen LogP contribution >= 0.6 is 0 Å². The topological polar surface area (TPSA) is 61.2 Å². The molecule has 0 aliphatic carbocycles. The SMILES string of the molecule is COC(=O)c1ccc(/C=C/C(=O)c2cnn(C(C)C)c2)cc1. The number of rotatable bonds is 5. The number of nitrogens with zero attached hydrogens (tertiary/aromatic N) is 2. The van der Waals surface area contributed by atoms with E-state index in [-0.39, 0.29) is 17.8 Å². The van der Waals surface area contributed by atoms with Crippen molar-refractivity contribution in [1.82, 2.24) is 9.78 Å². The zero-order valence-electron chi connectivity index (χ0n) is 12.8. The lowest BCUT2D eigenvalue weighted by molar-refractivity contribution is 0.0600.